The van der Waals surface area contributed by atoms with Crippen LogP contribution in [-0.2, 0) is 13.0 Å². The molecule has 2 aromatic rings. The van der Waals surface area contributed by atoms with E-state index in [4.69, 9.17) is 10.2 Å². The molecule has 5 nitrogen and oxygen atoms in total. The molecule has 0 saturated heterocycles. The van der Waals surface area contributed by atoms with Gasteiger partial charge in [-0.3, -0.25) is 9.36 Å². The Kier molecular flexibility index (Phi) is 9.87. The van der Waals surface area contributed by atoms with Gasteiger partial charge in [-0.1, -0.05) is 20.8 Å². The van der Waals surface area contributed by atoms with Crippen molar-refractivity contribution in [3.05, 3.63) is 39.9 Å². The van der Waals surface area contributed by atoms with Gasteiger partial charge in [-0.2, -0.15) is 5.26 Å². The monoisotopic (exact) mass is 398 g/mol. The summed E-state index contributed by atoms with van der Waals surface area (Å²) in [6.45, 7) is 7.91. The highest BCUT2D eigenvalue weighted by Gasteiger charge is 2.18. The van der Waals surface area contributed by atoms with Gasteiger partial charge >= 0.3 is 0 Å². The number of nitrogens with zero attached hydrogens (tertiary/aromatic N) is 3. The minimum Gasteiger partial charge on any atom is -0.320 e. The molecule has 0 aliphatic carbocycles. The first-order valence-electron chi connectivity index (χ1n) is 8.44. The van der Waals surface area contributed by atoms with E-state index >= 15 is 0 Å². The predicted molar refractivity (Wildman–Crippen MR) is 112 cm³/mol. The number of hydrogen-bond donors (Lipinski definition) is 1. The molecule has 26 heavy (non-hydrogen) atoms. The molecule has 7 heteroatoms. The average Bonchev–Trinajstić information content (AvgIpc) is 2.53. The molecule has 1 heterocycles. The van der Waals surface area contributed by atoms with Crippen LogP contribution in [-0.4, -0.2) is 23.1 Å². The van der Waals surface area contributed by atoms with Gasteiger partial charge in [0.25, 0.3) is 5.56 Å². The number of fused-ring (bicyclic) bond motifs is 1. The van der Waals surface area contributed by atoms with E-state index in [9.17, 15) is 4.79 Å². The maximum atomic E-state index is 13.0. The normalized spacial score (nSPS) is 10.7. The number of aryl methyl sites for hydroxylation is 1. The fourth-order valence-electron chi connectivity index (χ4n) is 2.75. The lowest BCUT2D eigenvalue weighted by Gasteiger charge is -2.22. The summed E-state index contributed by atoms with van der Waals surface area (Å²) in [5.74, 6) is 0.836. The van der Waals surface area contributed by atoms with Crippen molar-refractivity contribution in [2.45, 2.75) is 46.6 Å². The summed E-state index contributed by atoms with van der Waals surface area (Å²) in [7, 11) is 1.94. The van der Waals surface area contributed by atoms with Crippen LogP contribution in [0.1, 0.15) is 45.0 Å². The van der Waals surface area contributed by atoms with Crippen molar-refractivity contribution < 1.29 is 0 Å². The van der Waals surface area contributed by atoms with Crippen molar-refractivity contribution >= 4 is 35.7 Å². The van der Waals surface area contributed by atoms with Gasteiger partial charge in [-0.15, -0.1) is 24.8 Å². The summed E-state index contributed by atoms with van der Waals surface area (Å²) in [6, 6.07) is 7.23. The largest absolute Gasteiger partial charge is 0.320 e. The highest BCUT2D eigenvalue weighted by molar-refractivity contribution is 5.85. The van der Waals surface area contributed by atoms with Crippen molar-refractivity contribution in [2.75, 3.05) is 13.6 Å². The molecule has 0 atom stereocenters. The van der Waals surface area contributed by atoms with Gasteiger partial charge in [0.1, 0.15) is 5.82 Å². The number of nitriles is 1. The van der Waals surface area contributed by atoms with Crippen molar-refractivity contribution in [1.29, 1.82) is 5.26 Å². The van der Waals surface area contributed by atoms with E-state index in [0.29, 0.717) is 23.0 Å². The molecule has 1 N–H and O–H groups in total. The zero-order valence-electron chi connectivity index (χ0n) is 15.8. The Balaban J connectivity index is 0.00000312. The van der Waals surface area contributed by atoms with Crippen molar-refractivity contribution in [2.24, 2.45) is 5.41 Å². The highest BCUT2D eigenvalue weighted by atomic mass is 35.5. The van der Waals surface area contributed by atoms with E-state index < -0.39 is 0 Å². The second-order valence-corrected chi connectivity index (χ2v) is 7.38. The molecule has 0 aliphatic heterocycles. The third-order valence-corrected chi connectivity index (χ3v) is 3.87. The topological polar surface area (TPSA) is 70.7 Å². The number of hydrogen-bond acceptors (Lipinski definition) is 4. The van der Waals surface area contributed by atoms with Crippen LogP contribution in [0.3, 0.4) is 0 Å². The molecule has 0 fully saturated rings. The maximum absolute atomic E-state index is 13.0. The molecular formula is C19H28Cl2N4O. The Morgan fingerprint density at radius 2 is 1.92 bits per heavy atom. The van der Waals surface area contributed by atoms with E-state index in [0.717, 1.165) is 31.6 Å². The van der Waals surface area contributed by atoms with Gasteiger partial charge in [0.05, 0.1) is 22.5 Å². The van der Waals surface area contributed by atoms with Crippen molar-refractivity contribution in [3.8, 4) is 6.07 Å². The highest BCUT2D eigenvalue weighted by Crippen LogP contribution is 2.19. The summed E-state index contributed by atoms with van der Waals surface area (Å²) in [4.78, 5) is 17.7. The molecule has 0 aliphatic rings. The van der Waals surface area contributed by atoms with Gasteiger partial charge in [-0.05, 0) is 50.0 Å². The molecule has 1 aromatic carbocycles. The minimum absolute atomic E-state index is 0. The fourth-order valence-corrected chi connectivity index (χ4v) is 2.75. The molecular weight excluding hydrogens is 371 g/mol. The third-order valence-electron chi connectivity index (χ3n) is 3.87. The number of rotatable bonds is 6. The van der Waals surface area contributed by atoms with Crippen LogP contribution in [0.25, 0.3) is 10.9 Å². The SMILES string of the molecule is CNCCCCc1nc2ccc(C#N)cc2c(=O)n1CC(C)(C)C.Cl.Cl. The zero-order valence-corrected chi connectivity index (χ0v) is 17.5. The number of aromatic nitrogens is 2. The lowest BCUT2D eigenvalue weighted by atomic mass is 9.96. The third kappa shape index (κ3) is 6.28. The molecule has 0 bridgehead atoms. The standard InChI is InChI=1S/C19H26N4O.2ClH/c1-19(2,3)13-23-17(7-5-6-10-21-4)22-16-9-8-14(12-20)11-15(16)18(23)24;;/h8-9,11,21H,5-7,10,13H2,1-4H3;2*1H. The average molecular weight is 399 g/mol. The first kappa shape index (κ1) is 24.4. The van der Waals surface area contributed by atoms with Gasteiger partial charge in [0.2, 0.25) is 0 Å². The lowest BCUT2D eigenvalue weighted by molar-refractivity contribution is 0.330. The maximum Gasteiger partial charge on any atom is 0.261 e. The van der Waals surface area contributed by atoms with Crippen LogP contribution < -0.4 is 10.9 Å². The quantitative estimate of drug-likeness (QED) is 0.752. The van der Waals surface area contributed by atoms with E-state index in [1.54, 1.807) is 22.8 Å². The molecule has 0 saturated carbocycles. The molecule has 144 valence electrons. The predicted octanol–water partition coefficient (Wildman–Crippen LogP) is 3.70. The van der Waals surface area contributed by atoms with Crippen LogP contribution >= 0.6 is 24.8 Å². The van der Waals surface area contributed by atoms with Crippen LogP contribution in [0, 0.1) is 16.7 Å². The Bertz CT molecular complexity index is 819. The molecule has 0 unspecified atom stereocenters. The molecule has 0 amide bonds. The van der Waals surface area contributed by atoms with Crippen LogP contribution in [0.5, 0.6) is 0 Å². The summed E-state index contributed by atoms with van der Waals surface area (Å²) >= 11 is 0. The summed E-state index contributed by atoms with van der Waals surface area (Å²) < 4.78 is 1.79. The fraction of sp³-hybridized carbons (Fsp3) is 0.526. The molecule has 0 radical (unpaired) electrons. The van der Waals surface area contributed by atoms with Gasteiger partial charge in [0.15, 0.2) is 0 Å². The number of halogens is 2. The van der Waals surface area contributed by atoms with E-state index in [2.05, 4.69) is 32.2 Å². The number of nitrogens with one attached hydrogen (secondary N) is 1. The van der Waals surface area contributed by atoms with E-state index in [1.807, 2.05) is 7.05 Å². The minimum atomic E-state index is -0.0457. The molecule has 1 aromatic heterocycles. The van der Waals surface area contributed by atoms with E-state index in [-0.39, 0.29) is 35.8 Å². The molecule has 0 spiro atoms. The summed E-state index contributed by atoms with van der Waals surface area (Å²) in [6.07, 6.45) is 2.81. The van der Waals surface area contributed by atoms with Crippen molar-refractivity contribution in [1.82, 2.24) is 14.9 Å². The number of benzene rings is 1. The summed E-state index contributed by atoms with van der Waals surface area (Å²) in [5, 5.41) is 12.7. The van der Waals surface area contributed by atoms with Crippen molar-refractivity contribution in [3.63, 3.8) is 0 Å². The Morgan fingerprint density at radius 1 is 1.23 bits per heavy atom. The summed E-state index contributed by atoms with van der Waals surface area (Å²) in [5.41, 5.74) is 1.10. The lowest BCUT2D eigenvalue weighted by Crippen LogP contribution is -2.31. The van der Waals surface area contributed by atoms with Gasteiger partial charge < -0.3 is 5.32 Å². The second kappa shape index (κ2) is 10.5. The smallest absolute Gasteiger partial charge is 0.261 e. The van der Waals surface area contributed by atoms with Crippen LogP contribution in [0.4, 0.5) is 0 Å². The van der Waals surface area contributed by atoms with E-state index in [1.165, 1.54) is 0 Å². The van der Waals surface area contributed by atoms with Gasteiger partial charge in [0, 0.05) is 13.0 Å². The Morgan fingerprint density at radius 3 is 2.50 bits per heavy atom. The first-order chi connectivity index (χ1) is 11.4. The van der Waals surface area contributed by atoms with Gasteiger partial charge in [-0.25, -0.2) is 4.98 Å². The Labute approximate surface area is 167 Å². The van der Waals surface area contributed by atoms with Crippen LogP contribution in [0.2, 0.25) is 0 Å². The Hall–Kier alpha value is -1.61. The first-order valence-corrected chi connectivity index (χ1v) is 8.44. The zero-order chi connectivity index (χ0) is 17.7. The van der Waals surface area contributed by atoms with Crippen LogP contribution in [0.15, 0.2) is 23.0 Å². The number of unbranched alkanes of at least 4 members (excludes halogenated alkanes) is 1. The second-order valence-electron chi connectivity index (χ2n) is 7.38. The molecule has 2 rings (SSSR count).